The molecule has 0 saturated carbocycles. The molecule has 0 aliphatic heterocycles. The van der Waals surface area contributed by atoms with Crippen LogP contribution in [0.5, 0.6) is 5.75 Å². The minimum atomic E-state index is -0.207. The first kappa shape index (κ1) is 22.9. The molecule has 0 bridgehead atoms. The predicted octanol–water partition coefficient (Wildman–Crippen LogP) is 5.19. The summed E-state index contributed by atoms with van der Waals surface area (Å²) in [5.74, 6) is 0.330. The van der Waals surface area contributed by atoms with Crippen LogP contribution in [0.15, 0.2) is 78.9 Å². The Morgan fingerprint density at radius 3 is 2.38 bits per heavy atom. The second kappa shape index (κ2) is 11.0. The van der Waals surface area contributed by atoms with Crippen LogP contribution >= 0.6 is 0 Å². The van der Waals surface area contributed by atoms with Crippen molar-refractivity contribution in [1.82, 2.24) is 0 Å². The Balaban J connectivity index is 1.64. The van der Waals surface area contributed by atoms with Crippen LogP contribution in [0, 0.1) is 0 Å². The van der Waals surface area contributed by atoms with Gasteiger partial charge in [-0.15, -0.1) is 0 Å². The van der Waals surface area contributed by atoms with E-state index in [9.17, 15) is 9.59 Å². The number of hydrogen-bond donors (Lipinski definition) is 2. The number of benzene rings is 3. The summed E-state index contributed by atoms with van der Waals surface area (Å²) in [5, 5.41) is 5.96. The zero-order valence-corrected chi connectivity index (χ0v) is 18.7. The quantitative estimate of drug-likeness (QED) is 0.489. The average Bonchev–Trinajstić information content (AvgIpc) is 2.80. The summed E-state index contributed by atoms with van der Waals surface area (Å²) >= 11 is 0. The highest BCUT2D eigenvalue weighted by Crippen LogP contribution is 2.25. The molecule has 2 N–H and O–H groups in total. The van der Waals surface area contributed by atoms with Crippen molar-refractivity contribution in [3.8, 4) is 5.75 Å². The average molecular weight is 432 g/mol. The molecule has 0 fully saturated rings. The van der Waals surface area contributed by atoms with Crippen molar-refractivity contribution < 1.29 is 14.3 Å². The van der Waals surface area contributed by atoms with Gasteiger partial charge in [0.1, 0.15) is 5.75 Å². The number of amides is 2. The SMILES string of the molecule is CCN(C(=O)c1cccc(NCC(=O)Nc2ccccc2OC(C)C)c1)c1ccccc1. The van der Waals surface area contributed by atoms with Crippen molar-refractivity contribution in [2.45, 2.75) is 26.9 Å². The normalized spacial score (nSPS) is 10.5. The highest BCUT2D eigenvalue weighted by molar-refractivity contribution is 6.06. The first-order valence-electron chi connectivity index (χ1n) is 10.7. The maximum atomic E-state index is 13.0. The monoisotopic (exact) mass is 431 g/mol. The van der Waals surface area contributed by atoms with E-state index in [0.29, 0.717) is 29.2 Å². The lowest BCUT2D eigenvalue weighted by molar-refractivity contribution is -0.114. The summed E-state index contributed by atoms with van der Waals surface area (Å²) in [4.78, 5) is 27.2. The number of nitrogens with zero attached hydrogens (tertiary/aromatic N) is 1. The Kier molecular flexibility index (Phi) is 7.86. The summed E-state index contributed by atoms with van der Waals surface area (Å²) in [6, 6.07) is 24.1. The fourth-order valence-corrected chi connectivity index (χ4v) is 3.27. The standard InChI is InChI=1S/C26H29N3O3/c1-4-29(22-13-6-5-7-14-22)26(31)20-11-10-12-21(17-20)27-18-25(30)28-23-15-8-9-16-24(23)32-19(2)3/h5-17,19,27H,4,18H2,1-3H3,(H,28,30). The lowest BCUT2D eigenvalue weighted by Crippen LogP contribution is -2.30. The van der Waals surface area contributed by atoms with E-state index in [1.165, 1.54) is 0 Å². The summed E-state index contributed by atoms with van der Waals surface area (Å²) in [6.45, 7) is 6.43. The van der Waals surface area contributed by atoms with Crippen LogP contribution in [0.2, 0.25) is 0 Å². The number of nitrogens with one attached hydrogen (secondary N) is 2. The molecule has 6 heteroatoms. The van der Waals surface area contributed by atoms with Crippen LogP contribution in [0.3, 0.4) is 0 Å². The van der Waals surface area contributed by atoms with Gasteiger partial charge in [0, 0.05) is 23.5 Å². The van der Waals surface area contributed by atoms with Crippen molar-refractivity contribution in [2.75, 3.05) is 28.6 Å². The van der Waals surface area contributed by atoms with Crippen LogP contribution in [0.1, 0.15) is 31.1 Å². The van der Waals surface area contributed by atoms with Gasteiger partial charge in [0.15, 0.2) is 0 Å². The molecule has 0 atom stereocenters. The van der Waals surface area contributed by atoms with E-state index in [1.807, 2.05) is 75.4 Å². The molecule has 0 unspecified atom stereocenters. The van der Waals surface area contributed by atoms with Gasteiger partial charge in [-0.1, -0.05) is 36.4 Å². The van der Waals surface area contributed by atoms with Gasteiger partial charge in [-0.25, -0.2) is 0 Å². The van der Waals surface area contributed by atoms with Gasteiger partial charge in [-0.3, -0.25) is 9.59 Å². The third-order valence-corrected chi connectivity index (χ3v) is 4.72. The van der Waals surface area contributed by atoms with Gasteiger partial charge in [-0.2, -0.15) is 0 Å². The number of carbonyl (C=O) groups is 2. The van der Waals surface area contributed by atoms with Crippen molar-refractivity contribution >= 4 is 28.9 Å². The second-order valence-electron chi connectivity index (χ2n) is 7.53. The summed E-state index contributed by atoms with van der Waals surface area (Å²) in [6.07, 6.45) is 0.00465. The molecule has 0 radical (unpaired) electrons. The fourth-order valence-electron chi connectivity index (χ4n) is 3.27. The predicted molar refractivity (Wildman–Crippen MR) is 130 cm³/mol. The van der Waals surface area contributed by atoms with E-state index >= 15 is 0 Å². The first-order chi connectivity index (χ1) is 15.5. The fraction of sp³-hybridized carbons (Fsp3) is 0.231. The van der Waals surface area contributed by atoms with Gasteiger partial charge in [0.2, 0.25) is 5.91 Å². The Morgan fingerprint density at radius 2 is 1.66 bits per heavy atom. The highest BCUT2D eigenvalue weighted by atomic mass is 16.5. The number of rotatable bonds is 9. The molecule has 2 amide bonds. The summed E-state index contributed by atoms with van der Waals surface area (Å²) in [7, 11) is 0. The molecule has 0 aliphatic rings. The molecule has 3 rings (SSSR count). The molecule has 0 heterocycles. The zero-order chi connectivity index (χ0) is 22.9. The number of hydrogen-bond acceptors (Lipinski definition) is 4. The maximum Gasteiger partial charge on any atom is 0.258 e. The van der Waals surface area contributed by atoms with Gasteiger partial charge in [0.25, 0.3) is 5.91 Å². The van der Waals surface area contributed by atoms with E-state index in [1.54, 1.807) is 29.2 Å². The van der Waals surface area contributed by atoms with Crippen molar-refractivity contribution in [1.29, 1.82) is 0 Å². The van der Waals surface area contributed by atoms with Crippen LogP contribution in [0.25, 0.3) is 0 Å². The number of carbonyl (C=O) groups excluding carboxylic acids is 2. The van der Waals surface area contributed by atoms with E-state index < -0.39 is 0 Å². The van der Waals surface area contributed by atoms with Gasteiger partial charge in [-0.05, 0) is 63.2 Å². The van der Waals surface area contributed by atoms with Gasteiger partial charge >= 0.3 is 0 Å². The highest BCUT2D eigenvalue weighted by Gasteiger charge is 2.16. The molecule has 166 valence electrons. The first-order valence-corrected chi connectivity index (χ1v) is 10.7. The Hall–Kier alpha value is -3.80. The molecule has 0 spiro atoms. The molecule has 0 aromatic heterocycles. The molecule has 0 saturated heterocycles. The van der Waals surface area contributed by atoms with Crippen LogP contribution in [-0.2, 0) is 4.79 Å². The topological polar surface area (TPSA) is 70.7 Å². The number of para-hydroxylation sites is 3. The summed E-state index contributed by atoms with van der Waals surface area (Å²) in [5.41, 5.74) is 2.72. The Morgan fingerprint density at radius 1 is 0.938 bits per heavy atom. The van der Waals surface area contributed by atoms with E-state index in [0.717, 1.165) is 5.69 Å². The van der Waals surface area contributed by atoms with Gasteiger partial charge in [0.05, 0.1) is 18.3 Å². The minimum absolute atomic E-state index is 0.00465. The Labute approximate surface area is 189 Å². The van der Waals surface area contributed by atoms with Crippen LogP contribution in [0.4, 0.5) is 17.1 Å². The molecule has 0 aliphatic carbocycles. The Bertz CT molecular complexity index is 1050. The molecule has 32 heavy (non-hydrogen) atoms. The number of ether oxygens (including phenoxy) is 1. The van der Waals surface area contributed by atoms with E-state index in [-0.39, 0.29) is 24.5 Å². The molecule has 3 aromatic rings. The third kappa shape index (κ3) is 6.11. The van der Waals surface area contributed by atoms with Crippen molar-refractivity contribution in [3.05, 3.63) is 84.4 Å². The smallest absolute Gasteiger partial charge is 0.258 e. The zero-order valence-electron chi connectivity index (χ0n) is 18.7. The molecule has 6 nitrogen and oxygen atoms in total. The lowest BCUT2D eigenvalue weighted by atomic mass is 10.1. The minimum Gasteiger partial charge on any atom is -0.489 e. The maximum absolute atomic E-state index is 13.0. The van der Waals surface area contributed by atoms with E-state index in [4.69, 9.17) is 4.74 Å². The van der Waals surface area contributed by atoms with Crippen LogP contribution in [-0.4, -0.2) is 31.0 Å². The summed E-state index contributed by atoms with van der Waals surface area (Å²) < 4.78 is 5.74. The lowest BCUT2D eigenvalue weighted by Gasteiger charge is -2.21. The number of anilines is 3. The van der Waals surface area contributed by atoms with Crippen molar-refractivity contribution in [3.63, 3.8) is 0 Å². The van der Waals surface area contributed by atoms with E-state index in [2.05, 4.69) is 10.6 Å². The molecular formula is C26H29N3O3. The molecule has 3 aromatic carbocycles. The van der Waals surface area contributed by atoms with Crippen molar-refractivity contribution in [2.24, 2.45) is 0 Å². The van der Waals surface area contributed by atoms with Crippen LogP contribution < -0.4 is 20.3 Å². The van der Waals surface area contributed by atoms with Gasteiger partial charge < -0.3 is 20.3 Å². The third-order valence-electron chi connectivity index (χ3n) is 4.72. The largest absolute Gasteiger partial charge is 0.489 e. The second-order valence-corrected chi connectivity index (χ2v) is 7.53. The molecular weight excluding hydrogens is 402 g/mol.